The van der Waals surface area contributed by atoms with Gasteiger partial charge in [0.25, 0.3) is 0 Å². The van der Waals surface area contributed by atoms with Crippen molar-refractivity contribution in [2.24, 2.45) is 0 Å². The summed E-state index contributed by atoms with van der Waals surface area (Å²) >= 11 is 5.27. The summed E-state index contributed by atoms with van der Waals surface area (Å²) in [6.07, 6.45) is 3.77. The Hall–Kier alpha value is -1.52. The molecule has 0 unspecified atom stereocenters. The molecule has 2 aromatic carbocycles. The summed E-state index contributed by atoms with van der Waals surface area (Å²) in [5.74, 6) is 3.03. The van der Waals surface area contributed by atoms with Gasteiger partial charge in [-0.2, -0.15) is 11.8 Å². The van der Waals surface area contributed by atoms with Crippen molar-refractivity contribution in [1.82, 2.24) is 0 Å². The van der Waals surface area contributed by atoms with Crippen LogP contribution in [0.1, 0.15) is 15.9 Å². The summed E-state index contributed by atoms with van der Waals surface area (Å²) in [4.78, 5) is 12.1. The van der Waals surface area contributed by atoms with Gasteiger partial charge in [0.1, 0.15) is 11.9 Å². The fourth-order valence-electron chi connectivity index (χ4n) is 2.04. The molecule has 0 spiro atoms. The Balaban J connectivity index is 1.63. The highest BCUT2D eigenvalue weighted by molar-refractivity contribution is 9.10. The summed E-state index contributed by atoms with van der Waals surface area (Å²) in [6.45, 7) is 0. The number of rotatable bonds is 5. The third-order valence-corrected chi connectivity index (χ3v) is 5.03. The Morgan fingerprint density at radius 1 is 1.18 bits per heavy atom. The first kappa shape index (κ1) is 15.4. The molecule has 0 saturated carbocycles. The summed E-state index contributed by atoms with van der Waals surface area (Å²) in [7, 11) is 0. The first-order valence-corrected chi connectivity index (χ1v) is 8.98. The SMILES string of the molecule is O=C(/C=C/c1ccc(OC2CSC2)cc1)c1cccc(Br)c1. The van der Waals surface area contributed by atoms with Crippen LogP contribution in [0, 0.1) is 0 Å². The van der Waals surface area contributed by atoms with Crippen molar-refractivity contribution < 1.29 is 9.53 Å². The van der Waals surface area contributed by atoms with Crippen LogP contribution in [0.2, 0.25) is 0 Å². The molecule has 1 aliphatic rings. The van der Waals surface area contributed by atoms with Gasteiger partial charge < -0.3 is 4.74 Å². The van der Waals surface area contributed by atoms with Crippen molar-refractivity contribution in [1.29, 1.82) is 0 Å². The molecule has 4 heteroatoms. The van der Waals surface area contributed by atoms with Gasteiger partial charge in [0.05, 0.1) is 0 Å². The van der Waals surface area contributed by atoms with Crippen molar-refractivity contribution in [2.45, 2.75) is 6.10 Å². The van der Waals surface area contributed by atoms with Gasteiger partial charge >= 0.3 is 0 Å². The predicted octanol–water partition coefficient (Wildman–Crippen LogP) is 4.84. The average molecular weight is 375 g/mol. The number of benzene rings is 2. The van der Waals surface area contributed by atoms with E-state index in [9.17, 15) is 4.79 Å². The molecule has 0 N–H and O–H groups in total. The topological polar surface area (TPSA) is 26.3 Å². The molecule has 2 nitrogen and oxygen atoms in total. The minimum Gasteiger partial charge on any atom is -0.489 e. The van der Waals surface area contributed by atoms with Gasteiger partial charge in [-0.05, 0) is 35.9 Å². The maximum atomic E-state index is 12.1. The van der Waals surface area contributed by atoms with Gasteiger partial charge in [-0.3, -0.25) is 4.79 Å². The predicted molar refractivity (Wildman–Crippen MR) is 95.7 cm³/mol. The molecular formula is C18H15BrO2S. The van der Waals surface area contributed by atoms with E-state index in [1.165, 1.54) is 0 Å². The smallest absolute Gasteiger partial charge is 0.185 e. The standard InChI is InChI=1S/C18H15BrO2S/c19-15-3-1-2-14(10-15)18(20)9-6-13-4-7-16(8-5-13)21-17-11-22-12-17/h1-10,17H,11-12H2/b9-6+. The van der Waals surface area contributed by atoms with E-state index in [0.717, 1.165) is 27.3 Å². The minimum absolute atomic E-state index is 0.00637. The summed E-state index contributed by atoms with van der Waals surface area (Å²) < 4.78 is 6.70. The van der Waals surface area contributed by atoms with E-state index in [1.807, 2.05) is 66.4 Å². The van der Waals surface area contributed by atoms with E-state index >= 15 is 0 Å². The molecule has 2 aromatic rings. The summed E-state index contributed by atoms with van der Waals surface area (Å²) in [5.41, 5.74) is 1.66. The number of carbonyl (C=O) groups excluding carboxylic acids is 1. The molecule has 1 heterocycles. The van der Waals surface area contributed by atoms with Gasteiger partial charge in [-0.15, -0.1) is 0 Å². The lowest BCUT2D eigenvalue weighted by molar-refractivity contribution is 0.104. The number of hydrogen-bond acceptors (Lipinski definition) is 3. The number of ketones is 1. The number of carbonyl (C=O) groups is 1. The largest absolute Gasteiger partial charge is 0.489 e. The quantitative estimate of drug-likeness (QED) is 0.553. The average Bonchev–Trinajstić information content (AvgIpc) is 2.49. The first-order valence-electron chi connectivity index (χ1n) is 7.03. The van der Waals surface area contributed by atoms with Crippen molar-refractivity contribution in [3.05, 3.63) is 70.2 Å². The lowest BCUT2D eigenvalue weighted by Crippen LogP contribution is -2.30. The third-order valence-electron chi connectivity index (χ3n) is 3.33. The van der Waals surface area contributed by atoms with Crippen LogP contribution in [0.15, 0.2) is 59.1 Å². The Bertz CT molecular complexity index is 690. The molecule has 0 radical (unpaired) electrons. The molecule has 3 rings (SSSR count). The zero-order valence-corrected chi connectivity index (χ0v) is 14.3. The number of ether oxygens (including phenoxy) is 1. The second-order valence-corrected chi connectivity index (χ2v) is 7.04. The molecule has 1 saturated heterocycles. The van der Waals surface area contributed by atoms with Crippen molar-refractivity contribution >= 4 is 39.6 Å². The van der Waals surface area contributed by atoms with Gasteiger partial charge in [0.15, 0.2) is 5.78 Å². The molecule has 0 atom stereocenters. The molecular weight excluding hydrogens is 360 g/mol. The monoisotopic (exact) mass is 374 g/mol. The van der Waals surface area contributed by atoms with Crippen molar-refractivity contribution in [2.75, 3.05) is 11.5 Å². The molecule has 0 amide bonds. The van der Waals surface area contributed by atoms with E-state index in [4.69, 9.17) is 4.74 Å². The van der Waals surface area contributed by atoms with Crippen LogP contribution in [0.3, 0.4) is 0 Å². The normalized spacial score (nSPS) is 14.8. The van der Waals surface area contributed by atoms with Crippen LogP contribution >= 0.6 is 27.7 Å². The van der Waals surface area contributed by atoms with Crippen LogP contribution in [-0.2, 0) is 0 Å². The van der Waals surface area contributed by atoms with Crippen molar-refractivity contribution in [3.63, 3.8) is 0 Å². The highest BCUT2D eigenvalue weighted by atomic mass is 79.9. The van der Waals surface area contributed by atoms with Crippen LogP contribution in [0.25, 0.3) is 6.08 Å². The molecule has 1 aliphatic heterocycles. The van der Waals surface area contributed by atoms with E-state index in [1.54, 1.807) is 6.08 Å². The maximum Gasteiger partial charge on any atom is 0.185 e. The molecule has 22 heavy (non-hydrogen) atoms. The third kappa shape index (κ3) is 4.02. The first-order chi connectivity index (χ1) is 10.7. The van der Waals surface area contributed by atoms with Crippen LogP contribution < -0.4 is 4.74 Å². The van der Waals surface area contributed by atoms with Gasteiger partial charge in [-0.1, -0.05) is 46.3 Å². The van der Waals surface area contributed by atoms with Crippen LogP contribution in [-0.4, -0.2) is 23.4 Å². The summed E-state index contributed by atoms with van der Waals surface area (Å²) in [5, 5.41) is 0. The Morgan fingerprint density at radius 3 is 2.59 bits per heavy atom. The lowest BCUT2D eigenvalue weighted by Gasteiger charge is -2.25. The highest BCUT2D eigenvalue weighted by Crippen LogP contribution is 2.24. The lowest BCUT2D eigenvalue weighted by atomic mass is 10.1. The Labute approximate surface area is 142 Å². The molecule has 0 aliphatic carbocycles. The zero-order valence-electron chi connectivity index (χ0n) is 11.9. The van der Waals surface area contributed by atoms with E-state index in [2.05, 4.69) is 15.9 Å². The fourth-order valence-corrected chi connectivity index (χ4v) is 3.01. The second-order valence-electron chi connectivity index (χ2n) is 5.05. The molecule has 1 fully saturated rings. The molecule has 0 bridgehead atoms. The molecule has 0 aromatic heterocycles. The van der Waals surface area contributed by atoms with Crippen LogP contribution in [0.4, 0.5) is 0 Å². The van der Waals surface area contributed by atoms with E-state index < -0.39 is 0 Å². The van der Waals surface area contributed by atoms with E-state index in [-0.39, 0.29) is 5.78 Å². The molecule has 112 valence electrons. The minimum atomic E-state index is -0.00637. The maximum absolute atomic E-state index is 12.1. The number of halogens is 1. The van der Waals surface area contributed by atoms with Gasteiger partial charge in [0, 0.05) is 21.5 Å². The summed E-state index contributed by atoms with van der Waals surface area (Å²) in [6, 6.07) is 15.2. The number of thioether (sulfide) groups is 1. The van der Waals surface area contributed by atoms with Crippen molar-refractivity contribution in [3.8, 4) is 5.75 Å². The van der Waals surface area contributed by atoms with Gasteiger partial charge in [0.2, 0.25) is 0 Å². The zero-order chi connectivity index (χ0) is 15.4. The Morgan fingerprint density at radius 2 is 1.95 bits per heavy atom. The van der Waals surface area contributed by atoms with E-state index in [0.29, 0.717) is 11.7 Å². The van der Waals surface area contributed by atoms with Gasteiger partial charge in [-0.25, -0.2) is 0 Å². The fraction of sp³-hybridized carbons (Fsp3) is 0.167. The second kappa shape index (κ2) is 7.16. The highest BCUT2D eigenvalue weighted by Gasteiger charge is 2.19. The Kier molecular flexibility index (Phi) is 5.01. The number of allylic oxidation sites excluding steroid dienone is 1. The number of hydrogen-bond donors (Lipinski definition) is 0. The van der Waals surface area contributed by atoms with Crippen LogP contribution in [0.5, 0.6) is 5.75 Å².